The molecule has 1 aliphatic rings. The summed E-state index contributed by atoms with van der Waals surface area (Å²) >= 11 is 0. The van der Waals surface area contributed by atoms with Crippen molar-refractivity contribution in [3.05, 3.63) is 70.0 Å². The lowest BCUT2D eigenvalue weighted by Gasteiger charge is -2.16. The number of carbonyl (C=O) groups is 2. The Hall–Kier alpha value is -2.88. The van der Waals surface area contributed by atoms with Crippen molar-refractivity contribution >= 4 is 22.7 Å². The number of ether oxygens (including phenoxy) is 1. The first-order chi connectivity index (χ1) is 13.5. The molecule has 0 saturated heterocycles. The van der Waals surface area contributed by atoms with Crippen molar-refractivity contribution in [2.24, 2.45) is 0 Å². The van der Waals surface area contributed by atoms with E-state index in [1.165, 1.54) is 17.5 Å². The smallest absolute Gasteiger partial charge is 0.310 e. The lowest BCUT2D eigenvalue weighted by Crippen LogP contribution is -2.16. The summed E-state index contributed by atoms with van der Waals surface area (Å²) in [6.45, 7) is 3.82. The van der Waals surface area contributed by atoms with Crippen LogP contribution in [0.1, 0.15) is 51.0 Å². The third-order valence-corrected chi connectivity index (χ3v) is 5.64. The molecular formula is C24H24O4. The van der Waals surface area contributed by atoms with Gasteiger partial charge in [0.05, 0.1) is 12.7 Å². The van der Waals surface area contributed by atoms with Crippen LogP contribution in [-0.2, 0) is 28.8 Å². The maximum absolute atomic E-state index is 12.4. The van der Waals surface area contributed by atoms with Gasteiger partial charge in [0, 0.05) is 16.5 Å². The monoisotopic (exact) mass is 376 g/mol. The molecule has 144 valence electrons. The average molecular weight is 376 g/mol. The Balaban J connectivity index is 1.39. The van der Waals surface area contributed by atoms with E-state index in [-0.39, 0.29) is 18.8 Å². The van der Waals surface area contributed by atoms with E-state index in [4.69, 9.17) is 9.15 Å². The third-order valence-electron chi connectivity index (χ3n) is 5.64. The normalized spacial score (nSPS) is 13.4. The number of benzene rings is 2. The largest absolute Gasteiger partial charge is 0.464 e. The van der Waals surface area contributed by atoms with Gasteiger partial charge in [-0.3, -0.25) is 9.59 Å². The Morgan fingerprint density at radius 2 is 1.75 bits per heavy atom. The van der Waals surface area contributed by atoms with Crippen molar-refractivity contribution in [2.45, 2.75) is 46.0 Å². The minimum absolute atomic E-state index is 0.0902. The van der Waals surface area contributed by atoms with Gasteiger partial charge in [0.1, 0.15) is 5.58 Å². The number of ketones is 1. The van der Waals surface area contributed by atoms with Crippen LogP contribution < -0.4 is 0 Å². The summed E-state index contributed by atoms with van der Waals surface area (Å²) in [5, 5.41) is 0.918. The fourth-order valence-electron chi connectivity index (χ4n) is 3.82. The summed E-state index contributed by atoms with van der Waals surface area (Å²) in [6.07, 6.45) is 6.15. The number of esters is 1. The Morgan fingerprint density at radius 3 is 2.57 bits per heavy atom. The molecule has 4 heteroatoms. The molecule has 0 bridgehead atoms. The molecule has 0 aliphatic heterocycles. The maximum atomic E-state index is 12.4. The van der Waals surface area contributed by atoms with Crippen LogP contribution in [-0.4, -0.2) is 18.4 Å². The molecule has 0 fully saturated rings. The molecule has 0 atom stereocenters. The molecular weight excluding hydrogens is 352 g/mol. The highest BCUT2D eigenvalue weighted by Crippen LogP contribution is 2.25. The van der Waals surface area contributed by atoms with Gasteiger partial charge in [0.25, 0.3) is 0 Å². The third kappa shape index (κ3) is 3.72. The zero-order valence-corrected chi connectivity index (χ0v) is 16.3. The van der Waals surface area contributed by atoms with Crippen LogP contribution in [0, 0.1) is 13.8 Å². The summed E-state index contributed by atoms with van der Waals surface area (Å²) in [5.74, 6) is -0.586. The highest BCUT2D eigenvalue weighted by Gasteiger charge is 2.16. The van der Waals surface area contributed by atoms with Crippen LogP contribution in [0.2, 0.25) is 0 Å². The molecule has 4 nitrogen and oxygen atoms in total. The average Bonchev–Trinajstić information content (AvgIpc) is 3.07. The second-order valence-corrected chi connectivity index (χ2v) is 7.64. The van der Waals surface area contributed by atoms with Gasteiger partial charge < -0.3 is 9.15 Å². The zero-order valence-electron chi connectivity index (χ0n) is 16.3. The van der Waals surface area contributed by atoms with Crippen LogP contribution >= 0.6 is 0 Å². The molecule has 2 aromatic carbocycles. The molecule has 0 unspecified atom stereocenters. The molecule has 0 saturated carbocycles. The van der Waals surface area contributed by atoms with Crippen molar-refractivity contribution < 1.29 is 18.7 Å². The minimum Gasteiger partial charge on any atom is -0.464 e. The Morgan fingerprint density at radius 1 is 1.00 bits per heavy atom. The first-order valence-electron chi connectivity index (χ1n) is 9.79. The van der Waals surface area contributed by atoms with Gasteiger partial charge in [-0.05, 0) is 80.0 Å². The van der Waals surface area contributed by atoms with E-state index >= 15 is 0 Å². The minimum atomic E-state index is -0.424. The molecule has 1 heterocycles. The van der Waals surface area contributed by atoms with E-state index in [9.17, 15) is 9.59 Å². The number of furan rings is 1. The van der Waals surface area contributed by atoms with E-state index in [0.29, 0.717) is 5.56 Å². The van der Waals surface area contributed by atoms with Crippen molar-refractivity contribution in [1.29, 1.82) is 0 Å². The zero-order chi connectivity index (χ0) is 19.7. The molecule has 0 amide bonds. The number of rotatable bonds is 5. The second-order valence-electron chi connectivity index (χ2n) is 7.64. The van der Waals surface area contributed by atoms with E-state index in [1.807, 2.05) is 44.2 Å². The van der Waals surface area contributed by atoms with E-state index in [0.717, 1.165) is 46.9 Å². The van der Waals surface area contributed by atoms with Gasteiger partial charge in [-0.2, -0.15) is 0 Å². The fourth-order valence-corrected chi connectivity index (χ4v) is 3.82. The van der Waals surface area contributed by atoms with Gasteiger partial charge in [0.2, 0.25) is 0 Å². The van der Waals surface area contributed by atoms with Gasteiger partial charge in [-0.15, -0.1) is 0 Å². The van der Waals surface area contributed by atoms with Crippen LogP contribution in [0.4, 0.5) is 0 Å². The summed E-state index contributed by atoms with van der Waals surface area (Å²) in [7, 11) is 0. The highest BCUT2D eigenvalue weighted by atomic mass is 16.5. The molecule has 0 spiro atoms. The lowest BCUT2D eigenvalue weighted by atomic mass is 9.90. The second kappa shape index (κ2) is 7.63. The highest BCUT2D eigenvalue weighted by molar-refractivity contribution is 5.98. The predicted octanol–water partition coefficient (Wildman–Crippen LogP) is 4.90. The van der Waals surface area contributed by atoms with E-state index in [2.05, 4.69) is 0 Å². The fraction of sp³-hybridized carbons (Fsp3) is 0.333. The van der Waals surface area contributed by atoms with Crippen molar-refractivity contribution in [3.63, 3.8) is 0 Å². The Labute approximate surface area is 164 Å². The number of hydrogen-bond donors (Lipinski definition) is 0. The molecule has 0 radical (unpaired) electrons. The SMILES string of the molecule is Cc1cc2occ(CC(=O)OCC(=O)c3ccc4c(c3)CCCC4)c2cc1C. The van der Waals surface area contributed by atoms with E-state index in [1.54, 1.807) is 6.26 Å². The molecule has 28 heavy (non-hydrogen) atoms. The molecule has 1 aliphatic carbocycles. The van der Waals surface area contributed by atoms with Crippen LogP contribution in [0.5, 0.6) is 0 Å². The number of hydrogen-bond acceptors (Lipinski definition) is 4. The Bertz CT molecular complexity index is 1060. The van der Waals surface area contributed by atoms with Gasteiger partial charge in [-0.1, -0.05) is 12.1 Å². The summed E-state index contributed by atoms with van der Waals surface area (Å²) in [5.41, 5.74) is 7.03. The van der Waals surface area contributed by atoms with Crippen LogP contribution in [0.25, 0.3) is 11.0 Å². The summed E-state index contributed by atoms with van der Waals surface area (Å²) in [4.78, 5) is 24.7. The predicted molar refractivity (Wildman–Crippen MR) is 108 cm³/mol. The topological polar surface area (TPSA) is 56.5 Å². The van der Waals surface area contributed by atoms with Crippen molar-refractivity contribution in [3.8, 4) is 0 Å². The number of Topliss-reactive ketones (excluding diaryl/α,β-unsaturated/α-hetero) is 1. The number of carbonyl (C=O) groups excluding carboxylic acids is 2. The Kier molecular flexibility index (Phi) is 5.03. The quantitative estimate of drug-likeness (QED) is 0.470. The van der Waals surface area contributed by atoms with Crippen LogP contribution in [0.15, 0.2) is 41.0 Å². The van der Waals surface area contributed by atoms with Gasteiger partial charge >= 0.3 is 5.97 Å². The summed E-state index contributed by atoms with van der Waals surface area (Å²) < 4.78 is 10.8. The van der Waals surface area contributed by atoms with Crippen molar-refractivity contribution in [1.82, 2.24) is 0 Å². The van der Waals surface area contributed by atoms with E-state index < -0.39 is 5.97 Å². The maximum Gasteiger partial charge on any atom is 0.310 e. The molecule has 3 aromatic rings. The van der Waals surface area contributed by atoms with Gasteiger partial charge in [0.15, 0.2) is 12.4 Å². The molecule has 1 aromatic heterocycles. The summed E-state index contributed by atoms with van der Waals surface area (Å²) in [6, 6.07) is 9.83. The van der Waals surface area contributed by atoms with Gasteiger partial charge in [-0.25, -0.2) is 0 Å². The number of fused-ring (bicyclic) bond motifs is 2. The van der Waals surface area contributed by atoms with Crippen molar-refractivity contribution in [2.75, 3.05) is 6.61 Å². The number of aryl methyl sites for hydroxylation is 4. The molecule has 0 N–H and O–H groups in total. The first kappa shape index (κ1) is 18.5. The van der Waals surface area contributed by atoms with Crippen LogP contribution in [0.3, 0.4) is 0 Å². The standard InChI is InChI=1S/C24H24O4/c1-15-9-21-20(13-27-23(21)10-16(15)2)12-24(26)28-14-22(25)19-8-7-17-5-3-4-6-18(17)11-19/h7-11,13H,3-6,12,14H2,1-2H3. The first-order valence-corrected chi connectivity index (χ1v) is 9.79. The lowest BCUT2D eigenvalue weighted by molar-refractivity contribution is -0.141. The molecule has 4 rings (SSSR count).